The van der Waals surface area contributed by atoms with Crippen LogP contribution in [0.3, 0.4) is 0 Å². The lowest BCUT2D eigenvalue weighted by Gasteiger charge is -2.18. The largest absolute Gasteiger partial charge is 0.330 e. The summed E-state index contributed by atoms with van der Waals surface area (Å²) < 4.78 is 1.89. The second-order valence-electron chi connectivity index (χ2n) is 7.40. The number of para-hydroxylation sites is 1. The van der Waals surface area contributed by atoms with Gasteiger partial charge in [-0.1, -0.05) is 49.3 Å². The van der Waals surface area contributed by atoms with Crippen molar-refractivity contribution in [2.75, 3.05) is 14.1 Å². The van der Waals surface area contributed by atoms with Crippen LogP contribution < -0.4 is 0 Å². The quantitative estimate of drug-likeness (QED) is 0.626. The van der Waals surface area contributed by atoms with Gasteiger partial charge in [0.05, 0.1) is 11.2 Å². The highest BCUT2D eigenvalue weighted by atomic mass is 16.2. The van der Waals surface area contributed by atoms with Crippen molar-refractivity contribution in [2.45, 2.75) is 51.9 Å². The molecule has 0 fully saturated rings. The number of carbonyl (C=O) groups is 1. The molecule has 1 heterocycles. The fourth-order valence-corrected chi connectivity index (χ4v) is 3.66. The van der Waals surface area contributed by atoms with Crippen molar-refractivity contribution in [3.8, 4) is 0 Å². The van der Waals surface area contributed by atoms with E-state index in [1.165, 1.54) is 30.4 Å². The molecule has 3 heteroatoms. The van der Waals surface area contributed by atoms with Gasteiger partial charge in [-0.3, -0.25) is 4.57 Å². The molecule has 0 bridgehead atoms. The summed E-state index contributed by atoms with van der Waals surface area (Å²) >= 11 is 0. The first-order chi connectivity index (χ1) is 12.6. The highest BCUT2D eigenvalue weighted by Gasteiger charge is 2.19. The highest BCUT2D eigenvalue weighted by Crippen LogP contribution is 2.31. The first kappa shape index (κ1) is 18.5. The van der Waals surface area contributed by atoms with Crippen LogP contribution in [-0.4, -0.2) is 29.6 Å². The van der Waals surface area contributed by atoms with E-state index in [1.807, 2.05) is 36.9 Å². The highest BCUT2D eigenvalue weighted by molar-refractivity contribution is 5.96. The van der Waals surface area contributed by atoms with E-state index < -0.39 is 0 Å². The summed E-state index contributed by atoms with van der Waals surface area (Å²) in [5, 5.41) is 1.12. The average molecular weight is 351 g/mol. The Bertz CT molecular complexity index is 839. The van der Waals surface area contributed by atoms with Gasteiger partial charge < -0.3 is 4.90 Å². The van der Waals surface area contributed by atoms with Crippen molar-refractivity contribution in [1.29, 1.82) is 0 Å². The minimum absolute atomic E-state index is 0.0150. The van der Waals surface area contributed by atoms with Crippen LogP contribution in [0.2, 0.25) is 0 Å². The predicted octanol–water partition coefficient (Wildman–Crippen LogP) is 6.25. The number of unbranched alkanes of at least 4 members (excludes halogenated alkanes) is 1. The van der Waals surface area contributed by atoms with Crippen molar-refractivity contribution in [3.05, 3.63) is 53.8 Å². The molecule has 3 nitrogen and oxygen atoms in total. The number of benzene rings is 1. The van der Waals surface area contributed by atoms with Crippen LogP contribution in [-0.2, 0) is 0 Å². The number of amides is 1. The number of aromatic nitrogens is 1. The molecule has 1 aliphatic rings. The zero-order valence-corrected chi connectivity index (χ0v) is 16.3. The van der Waals surface area contributed by atoms with Gasteiger partial charge in [-0.15, -0.1) is 0 Å². The molecule has 26 heavy (non-hydrogen) atoms. The molecule has 0 radical (unpaired) electrons. The number of hydrogen-bond acceptors (Lipinski definition) is 1. The lowest BCUT2D eigenvalue weighted by Crippen LogP contribution is -2.28. The Hall–Kier alpha value is -2.29. The Labute approximate surface area is 157 Å². The van der Waals surface area contributed by atoms with Gasteiger partial charge in [0.2, 0.25) is 0 Å². The number of hydrogen-bond donors (Lipinski definition) is 0. The Morgan fingerprint density at radius 3 is 2.73 bits per heavy atom. The number of nitrogens with zero attached hydrogens (tertiary/aromatic N) is 2. The van der Waals surface area contributed by atoms with Crippen LogP contribution >= 0.6 is 0 Å². The zero-order valence-electron chi connectivity index (χ0n) is 16.3. The van der Waals surface area contributed by atoms with E-state index in [0.29, 0.717) is 0 Å². The van der Waals surface area contributed by atoms with Crippen LogP contribution in [0.1, 0.15) is 57.6 Å². The fourth-order valence-electron chi connectivity index (χ4n) is 3.66. The van der Waals surface area contributed by atoms with Crippen LogP contribution in [0.5, 0.6) is 0 Å². The van der Waals surface area contributed by atoms with Crippen molar-refractivity contribution < 1.29 is 4.79 Å². The van der Waals surface area contributed by atoms with E-state index in [-0.39, 0.29) is 6.03 Å². The maximum absolute atomic E-state index is 13.0. The van der Waals surface area contributed by atoms with Crippen LogP contribution in [0, 0.1) is 0 Å². The summed E-state index contributed by atoms with van der Waals surface area (Å²) in [7, 11) is 3.64. The second kappa shape index (κ2) is 8.39. The van der Waals surface area contributed by atoms with E-state index in [4.69, 9.17) is 0 Å². The smallest absolute Gasteiger partial charge is 0.328 e. The van der Waals surface area contributed by atoms with Gasteiger partial charge in [0.15, 0.2) is 0 Å². The summed E-state index contributed by atoms with van der Waals surface area (Å²) in [6.07, 6.45) is 12.9. The van der Waals surface area contributed by atoms with Gasteiger partial charge in [0, 0.05) is 19.5 Å². The second-order valence-corrected chi connectivity index (χ2v) is 7.40. The van der Waals surface area contributed by atoms with Crippen LogP contribution in [0.15, 0.2) is 48.1 Å². The molecule has 138 valence electrons. The molecular formula is C23H30N2O. The molecule has 1 aromatic carbocycles. The van der Waals surface area contributed by atoms with Crippen LogP contribution in [0.25, 0.3) is 16.5 Å². The lowest BCUT2D eigenvalue weighted by molar-refractivity contribution is 0.220. The lowest BCUT2D eigenvalue weighted by atomic mass is 9.95. The fraction of sp³-hybridized carbons (Fsp3) is 0.435. The summed E-state index contributed by atoms with van der Waals surface area (Å²) in [5.41, 5.74) is 4.74. The van der Waals surface area contributed by atoms with Crippen molar-refractivity contribution in [2.24, 2.45) is 0 Å². The third-order valence-electron chi connectivity index (χ3n) is 5.10. The molecule has 0 saturated carbocycles. The summed E-state index contributed by atoms with van der Waals surface area (Å²) in [6.45, 7) is 2.22. The summed E-state index contributed by atoms with van der Waals surface area (Å²) in [4.78, 5) is 14.6. The molecule has 0 aliphatic heterocycles. The Balaban J connectivity index is 2.14. The third kappa shape index (κ3) is 3.92. The molecule has 2 aromatic rings. The van der Waals surface area contributed by atoms with Gasteiger partial charge in [0.25, 0.3) is 0 Å². The van der Waals surface area contributed by atoms with E-state index in [0.717, 1.165) is 42.3 Å². The minimum atomic E-state index is 0.0150. The van der Waals surface area contributed by atoms with Gasteiger partial charge in [-0.25, -0.2) is 4.79 Å². The number of rotatable bonds is 5. The molecule has 3 rings (SSSR count). The first-order valence-corrected chi connectivity index (χ1v) is 9.84. The third-order valence-corrected chi connectivity index (χ3v) is 5.10. The minimum Gasteiger partial charge on any atom is -0.330 e. The Morgan fingerprint density at radius 2 is 2.04 bits per heavy atom. The normalized spacial score (nSPS) is 15.2. The standard InChI is InChI=1S/C23H30N2O/c1-4-5-13-19(16-18-11-7-6-8-12-18)22-17-20-14-9-10-15-21(20)25(22)23(26)24(2)3/h9-11,14-17H,4-8,12-13H2,1-3H3/b19-16-. The Kier molecular flexibility index (Phi) is 5.97. The molecule has 0 N–H and O–H groups in total. The number of carbonyl (C=O) groups excluding carboxylic acids is 1. The first-order valence-electron chi connectivity index (χ1n) is 9.84. The van der Waals surface area contributed by atoms with Gasteiger partial charge >= 0.3 is 6.03 Å². The van der Waals surface area contributed by atoms with Crippen LogP contribution in [0.4, 0.5) is 4.79 Å². The molecular weight excluding hydrogens is 320 g/mol. The molecule has 1 aliphatic carbocycles. The molecule has 1 aromatic heterocycles. The monoisotopic (exact) mass is 350 g/mol. The zero-order chi connectivity index (χ0) is 18.5. The summed E-state index contributed by atoms with van der Waals surface area (Å²) in [5.74, 6) is 0. The van der Waals surface area contributed by atoms with E-state index in [9.17, 15) is 4.79 Å². The predicted molar refractivity (Wildman–Crippen MR) is 110 cm³/mol. The molecule has 0 atom stereocenters. The van der Waals surface area contributed by atoms with E-state index >= 15 is 0 Å². The topological polar surface area (TPSA) is 25.2 Å². The molecule has 1 amide bonds. The molecule has 0 saturated heterocycles. The molecule has 0 unspecified atom stereocenters. The van der Waals surface area contributed by atoms with Crippen molar-refractivity contribution >= 4 is 22.5 Å². The summed E-state index contributed by atoms with van der Waals surface area (Å²) in [6, 6.07) is 10.4. The SMILES string of the molecule is CCCC/C(=C/C1=CCCCC1)c1cc2ccccc2n1C(=O)N(C)C. The average Bonchev–Trinajstić information content (AvgIpc) is 3.04. The van der Waals surface area contributed by atoms with Crippen molar-refractivity contribution in [3.63, 3.8) is 0 Å². The van der Waals surface area contributed by atoms with Gasteiger partial charge in [-0.2, -0.15) is 0 Å². The van der Waals surface area contributed by atoms with Crippen molar-refractivity contribution in [1.82, 2.24) is 9.47 Å². The number of fused-ring (bicyclic) bond motifs is 1. The van der Waals surface area contributed by atoms with Gasteiger partial charge in [-0.05, 0) is 56.2 Å². The maximum Gasteiger partial charge on any atom is 0.328 e. The van der Waals surface area contributed by atoms with Gasteiger partial charge in [0.1, 0.15) is 0 Å². The maximum atomic E-state index is 13.0. The van der Waals surface area contributed by atoms with E-state index in [2.05, 4.69) is 31.2 Å². The molecule has 0 spiro atoms. The Morgan fingerprint density at radius 1 is 1.23 bits per heavy atom. The number of allylic oxidation sites excluding steroid dienone is 4. The van der Waals surface area contributed by atoms with E-state index in [1.54, 1.807) is 4.90 Å².